The molecule has 122 valence electrons. The van der Waals surface area contributed by atoms with Crippen LogP contribution in [0.3, 0.4) is 0 Å². The number of halogens is 1. The molecular formula is C17H21FN4O. The first-order chi connectivity index (χ1) is 11.2. The van der Waals surface area contributed by atoms with E-state index >= 15 is 0 Å². The van der Waals surface area contributed by atoms with Crippen LogP contribution in [0.15, 0.2) is 30.5 Å². The van der Waals surface area contributed by atoms with Crippen molar-refractivity contribution in [3.63, 3.8) is 0 Å². The molecular weight excluding hydrogens is 295 g/mol. The molecule has 0 saturated carbocycles. The van der Waals surface area contributed by atoms with Crippen LogP contribution in [-0.2, 0) is 6.42 Å². The quantitative estimate of drug-likeness (QED) is 0.908. The first kappa shape index (κ1) is 15.7. The molecule has 1 amide bonds. The third kappa shape index (κ3) is 3.42. The van der Waals surface area contributed by atoms with E-state index in [4.69, 9.17) is 0 Å². The van der Waals surface area contributed by atoms with Gasteiger partial charge in [-0.05, 0) is 50.1 Å². The molecule has 1 aromatic heterocycles. The summed E-state index contributed by atoms with van der Waals surface area (Å²) < 4.78 is 14.8. The summed E-state index contributed by atoms with van der Waals surface area (Å²) >= 11 is 0. The van der Waals surface area contributed by atoms with Gasteiger partial charge in [-0.15, -0.1) is 0 Å². The van der Waals surface area contributed by atoms with Gasteiger partial charge < -0.3 is 10.6 Å². The molecule has 0 radical (unpaired) electrons. The first-order valence-electron chi connectivity index (χ1n) is 8.03. The summed E-state index contributed by atoms with van der Waals surface area (Å²) in [7, 11) is 0. The van der Waals surface area contributed by atoms with E-state index in [-0.39, 0.29) is 17.8 Å². The van der Waals surface area contributed by atoms with Crippen LogP contribution in [-0.4, -0.2) is 34.8 Å². The zero-order valence-corrected chi connectivity index (χ0v) is 13.2. The number of piperidine rings is 1. The van der Waals surface area contributed by atoms with Gasteiger partial charge in [-0.25, -0.2) is 9.07 Å². The highest BCUT2D eigenvalue weighted by Crippen LogP contribution is 2.17. The van der Waals surface area contributed by atoms with Crippen molar-refractivity contribution in [2.45, 2.75) is 32.2 Å². The Bertz CT molecular complexity index is 674. The van der Waals surface area contributed by atoms with Crippen molar-refractivity contribution in [2.24, 2.45) is 0 Å². The standard InChI is InChI=1S/C17H21FN4O/c1-2-16-15(17(23)21-13-4-3-9-19-10-13)11-20-22(16)14-7-5-12(18)6-8-14/h5-8,11,13,19H,2-4,9-10H2,1H3,(H,21,23). The van der Waals surface area contributed by atoms with Gasteiger partial charge in [0.25, 0.3) is 5.91 Å². The molecule has 5 nitrogen and oxygen atoms in total. The Morgan fingerprint density at radius 2 is 2.22 bits per heavy atom. The number of aromatic nitrogens is 2. The maximum Gasteiger partial charge on any atom is 0.255 e. The van der Waals surface area contributed by atoms with E-state index in [0.717, 1.165) is 37.3 Å². The van der Waals surface area contributed by atoms with Crippen LogP contribution in [0.5, 0.6) is 0 Å². The Labute approximate surface area is 134 Å². The summed E-state index contributed by atoms with van der Waals surface area (Å²) in [4.78, 5) is 12.5. The Kier molecular flexibility index (Phi) is 4.71. The fourth-order valence-corrected chi connectivity index (χ4v) is 2.95. The van der Waals surface area contributed by atoms with E-state index in [2.05, 4.69) is 15.7 Å². The smallest absolute Gasteiger partial charge is 0.255 e. The van der Waals surface area contributed by atoms with Crippen LogP contribution in [0, 0.1) is 5.82 Å². The molecule has 23 heavy (non-hydrogen) atoms. The minimum atomic E-state index is -0.290. The molecule has 1 aliphatic heterocycles. The summed E-state index contributed by atoms with van der Waals surface area (Å²) in [5.41, 5.74) is 2.17. The van der Waals surface area contributed by atoms with Crippen LogP contribution in [0.1, 0.15) is 35.8 Å². The second kappa shape index (κ2) is 6.91. The number of hydrogen-bond donors (Lipinski definition) is 2. The molecule has 0 bridgehead atoms. The number of rotatable bonds is 4. The highest BCUT2D eigenvalue weighted by molar-refractivity contribution is 5.95. The van der Waals surface area contributed by atoms with Crippen molar-refractivity contribution in [3.8, 4) is 5.69 Å². The molecule has 1 atom stereocenters. The predicted molar refractivity (Wildman–Crippen MR) is 86.3 cm³/mol. The van der Waals surface area contributed by atoms with Gasteiger partial charge in [0, 0.05) is 12.6 Å². The minimum absolute atomic E-state index is 0.0936. The van der Waals surface area contributed by atoms with Gasteiger partial charge in [0.2, 0.25) is 0 Å². The van der Waals surface area contributed by atoms with Crippen LogP contribution >= 0.6 is 0 Å². The lowest BCUT2D eigenvalue weighted by molar-refractivity contribution is 0.0929. The second-order valence-corrected chi connectivity index (χ2v) is 5.76. The zero-order chi connectivity index (χ0) is 16.2. The van der Waals surface area contributed by atoms with Crippen LogP contribution < -0.4 is 10.6 Å². The summed E-state index contributed by atoms with van der Waals surface area (Å²) in [6.07, 6.45) is 4.32. The predicted octanol–water partition coefficient (Wildman–Crippen LogP) is 2.06. The van der Waals surface area contributed by atoms with Crippen molar-refractivity contribution < 1.29 is 9.18 Å². The van der Waals surface area contributed by atoms with E-state index in [0.29, 0.717) is 12.0 Å². The number of hydrogen-bond acceptors (Lipinski definition) is 3. The molecule has 1 aromatic carbocycles. The van der Waals surface area contributed by atoms with Gasteiger partial charge in [0.05, 0.1) is 23.1 Å². The lowest BCUT2D eigenvalue weighted by atomic mass is 10.1. The Balaban J connectivity index is 1.82. The van der Waals surface area contributed by atoms with Gasteiger partial charge in [-0.2, -0.15) is 5.10 Å². The van der Waals surface area contributed by atoms with E-state index < -0.39 is 0 Å². The van der Waals surface area contributed by atoms with E-state index in [1.54, 1.807) is 23.0 Å². The monoisotopic (exact) mass is 316 g/mol. The third-order valence-electron chi connectivity index (χ3n) is 4.15. The summed E-state index contributed by atoms with van der Waals surface area (Å²) in [5.74, 6) is -0.384. The lowest BCUT2D eigenvalue weighted by Gasteiger charge is -2.23. The van der Waals surface area contributed by atoms with Crippen LogP contribution in [0.2, 0.25) is 0 Å². The zero-order valence-electron chi connectivity index (χ0n) is 13.2. The molecule has 1 unspecified atom stereocenters. The Hall–Kier alpha value is -2.21. The summed E-state index contributed by atoms with van der Waals surface area (Å²) in [6, 6.07) is 6.27. The summed E-state index contributed by atoms with van der Waals surface area (Å²) in [5, 5.41) is 10.7. The van der Waals surface area contributed by atoms with Crippen molar-refractivity contribution >= 4 is 5.91 Å². The molecule has 3 rings (SSSR count). The molecule has 6 heteroatoms. The highest BCUT2D eigenvalue weighted by Gasteiger charge is 2.21. The number of nitrogens with zero attached hydrogens (tertiary/aromatic N) is 2. The fourth-order valence-electron chi connectivity index (χ4n) is 2.95. The molecule has 2 N–H and O–H groups in total. The average molecular weight is 316 g/mol. The Morgan fingerprint density at radius 3 is 2.87 bits per heavy atom. The van der Waals surface area contributed by atoms with Gasteiger partial charge in [-0.1, -0.05) is 6.92 Å². The molecule has 1 aliphatic rings. The first-order valence-corrected chi connectivity index (χ1v) is 8.03. The lowest BCUT2D eigenvalue weighted by Crippen LogP contribution is -2.45. The van der Waals surface area contributed by atoms with Gasteiger partial charge in [-0.3, -0.25) is 4.79 Å². The number of benzene rings is 1. The van der Waals surface area contributed by atoms with Gasteiger partial charge >= 0.3 is 0 Å². The molecule has 1 saturated heterocycles. The van der Waals surface area contributed by atoms with Crippen molar-refractivity contribution in [1.29, 1.82) is 0 Å². The topological polar surface area (TPSA) is 59.0 Å². The second-order valence-electron chi connectivity index (χ2n) is 5.76. The van der Waals surface area contributed by atoms with Gasteiger partial charge in [0.1, 0.15) is 5.82 Å². The van der Waals surface area contributed by atoms with Crippen molar-refractivity contribution in [1.82, 2.24) is 20.4 Å². The third-order valence-corrected chi connectivity index (χ3v) is 4.15. The molecule has 1 fully saturated rings. The van der Waals surface area contributed by atoms with Crippen LogP contribution in [0.25, 0.3) is 5.69 Å². The largest absolute Gasteiger partial charge is 0.348 e. The summed E-state index contributed by atoms with van der Waals surface area (Å²) in [6.45, 7) is 3.80. The number of carbonyl (C=O) groups excluding carboxylic acids is 1. The highest BCUT2D eigenvalue weighted by atomic mass is 19.1. The molecule has 0 aliphatic carbocycles. The molecule has 2 heterocycles. The average Bonchev–Trinajstić information content (AvgIpc) is 3.00. The normalized spacial score (nSPS) is 17.9. The number of carbonyl (C=O) groups is 1. The van der Waals surface area contributed by atoms with Crippen molar-refractivity contribution in [2.75, 3.05) is 13.1 Å². The van der Waals surface area contributed by atoms with E-state index in [9.17, 15) is 9.18 Å². The van der Waals surface area contributed by atoms with Crippen molar-refractivity contribution in [3.05, 3.63) is 47.5 Å². The van der Waals surface area contributed by atoms with E-state index in [1.807, 2.05) is 6.92 Å². The van der Waals surface area contributed by atoms with Crippen LogP contribution in [0.4, 0.5) is 4.39 Å². The fraction of sp³-hybridized carbons (Fsp3) is 0.412. The molecule has 0 spiro atoms. The maximum absolute atomic E-state index is 13.1. The van der Waals surface area contributed by atoms with E-state index in [1.165, 1.54) is 12.1 Å². The SMILES string of the molecule is CCc1c(C(=O)NC2CCCNC2)cnn1-c1ccc(F)cc1. The molecule has 2 aromatic rings. The number of nitrogens with one attached hydrogen (secondary N) is 2. The minimum Gasteiger partial charge on any atom is -0.348 e. The maximum atomic E-state index is 13.1. The number of amides is 1. The van der Waals surface area contributed by atoms with Gasteiger partial charge in [0.15, 0.2) is 0 Å². The Morgan fingerprint density at radius 1 is 1.43 bits per heavy atom.